The summed E-state index contributed by atoms with van der Waals surface area (Å²) in [6.07, 6.45) is 12.8. The van der Waals surface area contributed by atoms with E-state index in [2.05, 4.69) is 6.92 Å². The number of carbonyl (C=O) groups is 1. The van der Waals surface area contributed by atoms with Crippen LogP contribution >= 0.6 is 0 Å². The van der Waals surface area contributed by atoms with Crippen LogP contribution in [0.15, 0.2) is 0 Å². The van der Waals surface area contributed by atoms with Gasteiger partial charge in [0.15, 0.2) is 0 Å². The first-order valence-corrected chi connectivity index (χ1v) is 7.37. The lowest BCUT2D eigenvalue weighted by Crippen LogP contribution is -2.20. The van der Waals surface area contributed by atoms with Crippen molar-refractivity contribution in [1.82, 2.24) is 0 Å². The summed E-state index contributed by atoms with van der Waals surface area (Å²) in [5.74, 6) is 0.836. The van der Waals surface area contributed by atoms with Gasteiger partial charge >= 0.3 is 5.97 Å². The van der Waals surface area contributed by atoms with E-state index < -0.39 is 0 Å². The minimum atomic E-state index is 0.0264. The van der Waals surface area contributed by atoms with Crippen molar-refractivity contribution in [3.05, 3.63) is 0 Å². The summed E-state index contributed by atoms with van der Waals surface area (Å²) >= 11 is 0. The first kappa shape index (κ1) is 14.5. The highest BCUT2D eigenvalue weighted by atomic mass is 16.5. The molecule has 0 aliphatic heterocycles. The molecule has 0 spiro atoms. The van der Waals surface area contributed by atoms with E-state index in [1.54, 1.807) is 0 Å². The quantitative estimate of drug-likeness (QED) is 0.466. The summed E-state index contributed by atoms with van der Waals surface area (Å²) in [6, 6.07) is 0. The lowest BCUT2D eigenvalue weighted by Gasteiger charge is -2.17. The number of carbonyl (C=O) groups excluding carboxylic acids is 1. The van der Waals surface area contributed by atoms with Crippen molar-refractivity contribution >= 4 is 5.97 Å². The fraction of sp³-hybridized carbons (Fsp3) is 0.933. The summed E-state index contributed by atoms with van der Waals surface area (Å²) in [5, 5.41) is 0. The molecule has 1 saturated carbocycles. The maximum Gasteiger partial charge on any atom is 0.308 e. The van der Waals surface area contributed by atoms with E-state index >= 15 is 0 Å². The topological polar surface area (TPSA) is 26.3 Å². The van der Waals surface area contributed by atoms with E-state index in [0.717, 1.165) is 6.42 Å². The second-order valence-electron chi connectivity index (χ2n) is 5.38. The van der Waals surface area contributed by atoms with Crippen molar-refractivity contribution in [3.8, 4) is 0 Å². The van der Waals surface area contributed by atoms with Crippen LogP contribution in [0.1, 0.15) is 71.1 Å². The van der Waals surface area contributed by atoms with Gasteiger partial charge in [-0.05, 0) is 25.2 Å². The Morgan fingerprint density at radius 2 is 1.82 bits per heavy atom. The van der Waals surface area contributed by atoms with Crippen LogP contribution in [0.2, 0.25) is 0 Å². The SMILES string of the molecule is CCCCCCCC[C@H]1CCC[C@@H]1C(=O)OC. The third-order valence-electron chi connectivity index (χ3n) is 4.09. The minimum absolute atomic E-state index is 0.0264. The van der Waals surface area contributed by atoms with Gasteiger partial charge in [0.05, 0.1) is 13.0 Å². The molecule has 0 N–H and O–H groups in total. The summed E-state index contributed by atoms with van der Waals surface area (Å²) in [5.41, 5.74) is 0. The molecule has 0 aromatic heterocycles. The largest absolute Gasteiger partial charge is 0.469 e. The van der Waals surface area contributed by atoms with Gasteiger partial charge in [-0.2, -0.15) is 0 Å². The molecular formula is C15H28O2. The second-order valence-corrected chi connectivity index (χ2v) is 5.38. The Balaban J connectivity index is 2.11. The lowest BCUT2D eigenvalue weighted by atomic mass is 9.90. The standard InChI is InChI=1S/C15H28O2/c1-3-4-5-6-7-8-10-13-11-9-12-14(13)15(16)17-2/h13-14H,3-12H2,1-2H3/t13-,14-/m0/s1. The van der Waals surface area contributed by atoms with E-state index in [9.17, 15) is 4.79 Å². The van der Waals surface area contributed by atoms with Gasteiger partial charge in [-0.3, -0.25) is 4.79 Å². The van der Waals surface area contributed by atoms with E-state index in [1.807, 2.05) is 0 Å². The Hall–Kier alpha value is -0.530. The molecule has 0 aromatic rings. The molecular weight excluding hydrogens is 212 g/mol. The molecule has 0 unspecified atom stereocenters. The van der Waals surface area contributed by atoms with Crippen LogP contribution in [-0.4, -0.2) is 13.1 Å². The van der Waals surface area contributed by atoms with Crippen molar-refractivity contribution in [3.63, 3.8) is 0 Å². The van der Waals surface area contributed by atoms with Crippen molar-refractivity contribution in [2.75, 3.05) is 7.11 Å². The van der Waals surface area contributed by atoms with Crippen LogP contribution in [0.4, 0.5) is 0 Å². The average molecular weight is 240 g/mol. The first-order chi connectivity index (χ1) is 8.29. The second kappa shape index (κ2) is 8.54. The lowest BCUT2D eigenvalue weighted by molar-refractivity contribution is -0.146. The molecule has 2 atom stereocenters. The molecule has 1 fully saturated rings. The van der Waals surface area contributed by atoms with Gasteiger partial charge in [-0.1, -0.05) is 51.9 Å². The molecule has 0 radical (unpaired) electrons. The molecule has 1 aliphatic rings. The van der Waals surface area contributed by atoms with E-state index in [1.165, 1.54) is 64.9 Å². The minimum Gasteiger partial charge on any atom is -0.469 e. The zero-order valence-electron chi connectivity index (χ0n) is 11.5. The average Bonchev–Trinajstić information content (AvgIpc) is 2.81. The van der Waals surface area contributed by atoms with Crippen molar-refractivity contribution < 1.29 is 9.53 Å². The molecule has 100 valence electrons. The number of hydrogen-bond donors (Lipinski definition) is 0. The molecule has 17 heavy (non-hydrogen) atoms. The van der Waals surface area contributed by atoms with E-state index in [4.69, 9.17) is 4.74 Å². The normalized spacial score (nSPS) is 23.9. The highest BCUT2D eigenvalue weighted by molar-refractivity contribution is 5.72. The molecule has 0 aromatic carbocycles. The summed E-state index contributed by atoms with van der Waals surface area (Å²) in [4.78, 5) is 11.6. The third-order valence-corrected chi connectivity index (χ3v) is 4.09. The number of ether oxygens (including phenoxy) is 1. The smallest absolute Gasteiger partial charge is 0.308 e. The molecule has 1 rings (SSSR count). The molecule has 2 heteroatoms. The van der Waals surface area contributed by atoms with Crippen LogP contribution in [0.3, 0.4) is 0 Å². The van der Waals surface area contributed by atoms with Crippen LogP contribution in [-0.2, 0) is 9.53 Å². The number of methoxy groups -OCH3 is 1. The molecule has 2 nitrogen and oxygen atoms in total. The molecule has 0 heterocycles. The zero-order chi connectivity index (χ0) is 12.5. The fourth-order valence-corrected chi connectivity index (χ4v) is 3.03. The predicted octanol–water partition coefficient (Wildman–Crippen LogP) is 4.33. The number of rotatable bonds is 8. The summed E-state index contributed by atoms with van der Waals surface area (Å²) in [6.45, 7) is 2.25. The van der Waals surface area contributed by atoms with Crippen LogP contribution in [0, 0.1) is 11.8 Å². The monoisotopic (exact) mass is 240 g/mol. The fourth-order valence-electron chi connectivity index (χ4n) is 3.03. The van der Waals surface area contributed by atoms with E-state index in [0.29, 0.717) is 5.92 Å². The molecule has 0 bridgehead atoms. The first-order valence-electron chi connectivity index (χ1n) is 7.37. The van der Waals surface area contributed by atoms with Gasteiger partial charge in [0.25, 0.3) is 0 Å². The van der Waals surface area contributed by atoms with Gasteiger partial charge in [0, 0.05) is 0 Å². The maximum absolute atomic E-state index is 11.6. The Kier molecular flexibility index (Phi) is 7.30. The highest BCUT2D eigenvalue weighted by Gasteiger charge is 2.32. The number of unbranched alkanes of at least 4 members (excludes halogenated alkanes) is 5. The Labute approximate surface area is 106 Å². The Morgan fingerprint density at radius 3 is 2.53 bits per heavy atom. The zero-order valence-corrected chi connectivity index (χ0v) is 11.5. The van der Waals surface area contributed by atoms with Gasteiger partial charge < -0.3 is 4.74 Å². The predicted molar refractivity (Wildman–Crippen MR) is 70.8 cm³/mol. The van der Waals surface area contributed by atoms with Gasteiger partial charge in [-0.25, -0.2) is 0 Å². The molecule has 0 amide bonds. The third kappa shape index (κ3) is 5.10. The van der Waals surface area contributed by atoms with Gasteiger partial charge in [0.2, 0.25) is 0 Å². The maximum atomic E-state index is 11.6. The molecule has 0 saturated heterocycles. The van der Waals surface area contributed by atoms with Gasteiger partial charge in [-0.15, -0.1) is 0 Å². The van der Waals surface area contributed by atoms with Crippen LogP contribution < -0.4 is 0 Å². The van der Waals surface area contributed by atoms with Crippen molar-refractivity contribution in [1.29, 1.82) is 0 Å². The van der Waals surface area contributed by atoms with Crippen LogP contribution in [0.25, 0.3) is 0 Å². The van der Waals surface area contributed by atoms with Crippen molar-refractivity contribution in [2.24, 2.45) is 11.8 Å². The van der Waals surface area contributed by atoms with Crippen LogP contribution in [0.5, 0.6) is 0 Å². The Bertz CT molecular complexity index is 213. The summed E-state index contributed by atoms with van der Waals surface area (Å²) in [7, 11) is 1.52. The number of esters is 1. The summed E-state index contributed by atoms with van der Waals surface area (Å²) < 4.78 is 4.88. The van der Waals surface area contributed by atoms with E-state index in [-0.39, 0.29) is 11.9 Å². The molecule has 1 aliphatic carbocycles. The Morgan fingerprint density at radius 1 is 1.12 bits per heavy atom. The van der Waals surface area contributed by atoms with Crippen molar-refractivity contribution in [2.45, 2.75) is 71.1 Å². The number of hydrogen-bond acceptors (Lipinski definition) is 2. The highest BCUT2D eigenvalue weighted by Crippen LogP contribution is 2.36. The van der Waals surface area contributed by atoms with Gasteiger partial charge in [0.1, 0.15) is 0 Å².